The highest BCUT2D eigenvalue weighted by Gasteiger charge is 2.30. The molecule has 1 atom stereocenters. The Morgan fingerprint density at radius 3 is 2.33 bits per heavy atom. The van der Waals surface area contributed by atoms with Gasteiger partial charge in [-0.2, -0.15) is 13.2 Å². The molecule has 0 saturated heterocycles. The van der Waals surface area contributed by atoms with Gasteiger partial charge in [-0.3, -0.25) is 0 Å². The Morgan fingerprint density at radius 1 is 1.42 bits per heavy atom. The van der Waals surface area contributed by atoms with Crippen molar-refractivity contribution in [2.24, 2.45) is 5.92 Å². The van der Waals surface area contributed by atoms with Gasteiger partial charge in [0.25, 0.3) is 0 Å². The lowest BCUT2D eigenvalue weighted by atomic mass is 10.0. The molecule has 74 valence electrons. The van der Waals surface area contributed by atoms with E-state index in [9.17, 15) is 13.2 Å². The summed E-state index contributed by atoms with van der Waals surface area (Å²) < 4.78 is 40.3. The third-order valence-corrected chi connectivity index (χ3v) is 2.38. The average Bonchev–Trinajstić information content (AvgIpc) is 1.95. The first-order valence-electron chi connectivity index (χ1n) is 3.61. The van der Waals surface area contributed by atoms with Crippen LogP contribution < -0.4 is 0 Å². The molecule has 0 aromatic carbocycles. The summed E-state index contributed by atoms with van der Waals surface area (Å²) in [5, 5.41) is 0.371. The highest BCUT2D eigenvalue weighted by Crippen LogP contribution is 2.27. The van der Waals surface area contributed by atoms with Gasteiger partial charge in [-0.05, 0) is 12.3 Å². The summed E-state index contributed by atoms with van der Waals surface area (Å²) in [5.74, 6) is -0.370. The molecule has 12 heavy (non-hydrogen) atoms. The van der Waals surface area contributed by atoms with E-state index < -0.39 is 12.6 Å². The van der Waals surface area contributed by atoms with E-state index in [1.54, 1.807) is 0 Å². The van der Waals surface area contributed by atoms with E-state index >= 15 is 0 Å². The van der Waals surface area contributed by atoms with E-state index in [0.717, 1.165) is 0 Å². The number of ether oxygens (including phenoxy) is 1. The summed E-state index contributed by atoms with van der Waals surface area (Å²) in [6.07, 6.45) is -4.35. The number of alkyl halides is 4. The highest BCUT2D eigenvalue weighted by atomic mass is 79.9. The molecule has 0 aromatic rings. The second kappa shape index (κ2) is 5.80. The highest BCUT2D eigenvalue weighted by molar-refractivity contribution is 9.09. The maximum absolute atomic E-state index is 11.9. The standard InChI is InChI=1S/C7H12BrF3O/c1-12-3-2-6(5-8)4-7(9,10)11/h6H,2-5H2,1H3. The smallest absolute Gasteiger partial charge is 0.385 e. The Balaban J connectivity index is 3.67. The molecule has 0 spiro atoms. The fourth-order valence-corrected chi connectivity index (χ4v) is 1.40. The largest absolute Gasteiger partial charge is 0.389 e. The van der Waals surface area contributed by atoms with Crippen LogP contribution in [0.25, 0.3) is 0 Å². The molecule has 0 amide bonds. The number of hydrogen-bond acceptors (Lipinski definition) is 1. The van der Waals surface area contributed by atoms with Crippen molar-refractivity contribution in [3.8, 4) is 0 Å². The zero-order chi connectivity index (χ0) is 9.61. The Morgan fingerprint density at radius 2 is 2.00 bits per heavy atom. The normalized spacial score (nSPS) is 14.8. The van der Waals surface area contributed by atoms with Crippen molar-refractivity contribution < 1.29 is 17.9 Å². The zero-order valence-corrected chi connectivity index (χ0v) is 8.41. The van der Waals surface area contributed by atoms with Gasteiger partial charge in [-0.25, -0.2) is 0 Å². The van der Waals surface area contributed by atoms with Crippen LogP contribution in [0.3, 0.4) is 0 Å². The lowest BCUT2D eigenvalue weighted by molar-refractivity contribution is -0.143. The molecule has 0 N–H and O–H groups in total. The Labute approximate surface area is 78.4 Å². The molecule has 0 fully saturated rings. The summed E-state index contributed by atoms with van der Waals surface area (Å²) >= 11 is 3.04. The van der Waals surface area contributed by atoms with Crippen molar-refractivity contribution in [2.75, 3.05) is 19.0 Å². The van der Waals surface area contributed by atoms with Crippen LogP contribution in [0.1, 0.15) is 12.8 Å². The molecule has 0 aliphatic heterocycles. The summed E-state index contributed by atoms with van der Waals surface area (Å²) in [6.45, 7) is 0.381. The van der Waals surface area contributed by atoms with E-state index in [2.05, 4.69) is 15.9 Å². The van der Waals surface area contributed by atoms with Crippen LogP contribution in [-0.2, 0) is 4.74 Å². The second-order valence-electron chi connectivity index (χ2n) is 2.62. The van der Waals surface area contributed by atoms with Crippen LogP contribution in [0.5, 0.6) is 0 Å². The van der Waals surface area contributed by atoms with Crippen LogP contribution >= 0.6 is 15.9 Å². The summed E-state index contributed by atoms with van der Waals surface area (Å²) in [5.41, 5.74) is 0. The minimum absolute atomic E-state index is 0.370. The van der Waals surface area contributed by atoms with Crippen LogP contribution in [0.2, 0.25) is 0 Å². The minimum Gasteiger partial charge on any atom is -0.385 e. The Hall–Kier alpha value is 0.230. The molecule has 0 aliphatic rings. The molecular weight excluding hydrogens is 237 g/mol. The van der Waals surface area contributed by atoms with Crippen LogP contribution in [0, 0.1) is 5.92 Å². The Kier molecular flexibility index (Phi) is 5.92. The van der Waals surface area contributed by atoms with Gasteiger partial charge in [0.15, 0.2) is 0 Å². The first-order valence-corrected chi connectivity index (χ1v) is 4.73. The quantitative estimate of drug-likeness (QED) is 0.680. The SMILES string of the molecule is COCCC(CBr)CC(F)(F)F. The molecule has 0 aromatic heterocycles. The molecule has 5 heteroatoms. The van der Waals surface area contributed by atoms with Crippen LogP contribution in [-0.4, -0.2) is 25.2 Å². The van der Waals surface area contributed by atoms with Gasteiger partial charge in [0.1, 0.15) is 0 Å². The lowest BCUT2D eigenvalue weighted by Crippen LogP contribution is -2.17. The van der Waals surface area contributed by atoms with Crippen molar-refractivity contribution in [1.29, 1.82) is 0 Å². The Bertz CT molecular complexity index is 116. The third-order valence-electron chi connectivity index (χ3n) is 1.47. The van der Waals surface area contributed by atoms with Gasteiger partial charge >= 0.3 is 6.18 Å². The number of methoxy groups -OCH3 is 1. The predicted octanol–water partition coefficient (Wildman–Crippen LogP) is 2.99. The van der Waals surface area contributed by atoms with Crippen molar-refractivity contribution in [3.05, 3.63) is 0 Å². The van der Waals surface area contributed by atoms with Gasteiger partial charge in [0, 0.05) is 25.5 Å². The predicted molar refractivity (Wildman–Crippen MR) is 44.4 cm³/mol. The lowest BCUT2D eigenvalue weighted by Gasteiger charge is -2.15. The first kappa shape index (κ1) is 12.2. The summed E-state index contributed by atoms with van der Waals surface area (Å²) in [7, 11) is 1.48. The van der Waals surface area contributed by atoms with Gasteiger partial charge in [-0.1, -0.05) is 15.9 Å². The third kappa shape index (κ3) is 6.91. The summed E-state index contributed by atoms with van der Waals surface area (Å²) in [6, 6.07) is 0. The second-order valence-corrected chi connectivity index (χ2v) is 3.27. The van der Waals surface area contributed by atoms with Crippen molar-refractivity contribution in [2.45, 2.75) is 19.0 Å². The molecule has 0 heterocycles. The van der Waals surface area contributed by atoms with Gasteiger partial charge in [-0.15, -0.1) is 0 Å². The van der Waals surface area contributed by atoms with Crippen molar-refractivity contribution >= 4 is 15.9 Å². The molecule has 0 saturated carbocycles. The van der Waals surface area contributed by atoms with E-state index in [1.807, 2.05) is 0 Å². The van der Waals surface area contributed by atoms with E-state index in [0.29, 0.717) is 18.4 Å². The van der Waals surface area contributed by atoms with E-state index in [4.69, 9.17) is 4.74 Å². The molecule has 1 unspecified atom stereocenters. The minimum atomic E-state index is -4.06. The number of hydrogen-bond donors (Lipinski definition) is 0. The molecule has 1 nitrogen and oxygen atoms in total. The van der Waals surface area contributed by atoms with Gasteiger partial charge < -0.3 is 4.74 Å². The van der Waals surface area contributed by atoms with Crippen molar-refractivity contribution in [1.82, 2.24) is 0 Å². The zero-order valence-electron chi connectivity index (χ0n) is 6.83. The summed E-state index contributed by atoms with van der Waals surface area (Å²) in [4.78, 5) is 0. The molecule has 0 rings (SSSR count). The average molecular weight is 249 g/mol. The number of halogens is 4. The first-order chi connectivity index (χ1) is 5.49. The topological polar surface area (TPSA) is 9.23 Å². The van der Waals surface area contributed by atoms with E-state index in [-0.39, 0.29) is 5.92 Å². The maximum Gasteiger partial charge on any atom is 0.389 e. The van der Waals surface area contributed by atoms with Crippen LogP contribution in [0.4, 0.5) is 13.2 Å². The molecule has 0 aliphatic carbocycles. The molecule has 0 radical (unpaired) electrons. The van der Waals surface area contributed by atoms with Crippen molar-refractivity contribution in [3.63, 3.8) is 0 Å². The number of rotatable bonds is 5. The fourth-order valence-electron chi connectivity index (χ4n) is 0.846. The van der Waals surface area contributed by atoms with Crippen LogP contribution in [0.15, 0.2) is 0 Å². The molecule has 0 bridgehead atoms. The maximum atomic E-state index is 11.9. The monoisotopic (exact) mass is 248 g/mol. The molecular formula is C7H12BrF3O. The van der Waals surface area contributed by atoms with Gasteiger partial charge in [0.05, 0.1) is 0 Å². The van der Waals surface area contributed by atoms with Gasteiger partial charge in [0.2, 0.25) is 0 Å². The van der Waals surface area contributed by atoms with E-state index in [1.165, 1.54) is 7.11 Å². The fraction of sp³-hybridized carbons (Fsp3) is 1.00.